The summed E-state index contributed by atoms with van der Waals surface area (Å²) in [6.45, 7) is 0. The van der Waals surface area contributed by atoms with Crippen molar-refractivity contribution in [1.82, 2.24) is 4.57 Å². The van der Waals surface area contributed by atoms with Crippen molar-refractivity contribution >= 4 is 40.1 Å². The normalized spacial score (nSPS) is 11.0. The van der Waals surface area contributed by atoms with Gasteiger partial charge < -0.3 is 24.9 Å². The smallest absolute Gasteiger partial charge is 0.353 e. The molecule has 0 atom stereocenters. The van der Waals surface area contributed by atoms with E-state index < -0.39 is 17.8 Å². The Morgan fingerprint density at radius 1 is 1.07 bits per heavy atom. The van der Waals surface area contributed by atoms with Gasteiger partial charge in [0, 0.05) is 18.0 Å². The van der Waals surface area contributed by atoms with Gasteiger partial charge in [-0.25, -0.2) is 0 Å². The van der Waals surface area contributed by atoms with E-state index in [1.54, 1.807) is 31.3 Å². The number of amides is 2. The van der Waals surface area contributed by atoms with Gasteiger partial charge in [-0.3, -0.25) is 9.59 Å². The summed E-state index contributed by atoms with van der Waals surface area (Å²) in [6.07, 6.45) is 0. The predicted molar refractivity (Wildman–Crippen MR) is 93.5 cm³/mol. The van der Waals surface area contributed by atoms with Crippen LogP contribution in [-0.2, 0) is 16.6 Å². The van der Waals surface area contributed by atoms with E-state index in [-0.39, 0.29) is 22.8 Å². The topological polar surface area (TPSA) is 136 Å². The van der Waals surface area contributed by atoms with Crippen molar-refractivity contribution in [3.8, 4) is 5.88 Å². The number of aromatic carboxylic acids is 1. The Hall–Kier alpha value is -4.01. The molecule has 0 fully saturated rings. The summed E-state index contributed by atoms with van der Waals surface area (Å²) in [6, 6.07) is 12.4. The van der Waals surface area contributed by atoms with Gasteiger partial charge in [0.1, 0.15) is 0 Å². The van der Waals surface area contributed by atoms with E-state index in [4.69, 9.17) is 0 Å². The summed E-state index contributed by atoms with van der Waals surface area (Å²) in [5.41, 5.74) is 0.342. The van der Waals surface area contributed by atoms with Gasteiger partial charge in [0.15, 0.2) is 5.69 Å². The Morgan fingerprint density at radius 3 is 2.48 bits per heavy atom. The fourth-order valence-electron chi connectivity index (χ4n) is 2.55. The van der Waals surface area contributed by atoms with Crippen LogP contribution in [-0.4, -0.2) is 27.5 Å². The first-order valence-corrected chi connectivity index (χ1v) is 7.74. The van der Waals surface area contributed by atoms with E-state index in [1.165, 1.54) is 28.8 Å². The first kappa shape index (κ1) is 17.8. The molecule has 0 aliphatic heterocycles. The summed E-state index contributed by atoms with van der Waals surface area (Å²) >= 11 is 0. The van der Waals surface area contributed by atoms with Gasteiger partial charge in [0.2, 0.25) is 5.88 Å². The zero-order valence-corrected chi connectivity index (χ0v) is 14.0. The number of benzene rings is 2. The zero-order valence-electron chi connectivity index (χ0n) is 14.0. The Bertz CT molecular complexity index is 1100. The molecule has 9 heteroatoms. The average molecular weight is 365 g/mol. The van der Waals surface area contributed by atoms with Crippen molar-refractivity contribution < 1.29 is 24.6 Å². The standard InChI is InChI=1S/C18H14N4O5/c1-22-13-9-5-3-7-11(13)14(17(22)25)20-21-16(24)15(23)19-12-8-4-2-6-10(12)18(26)27/h2-9,25H,1H3,(H,19,23)(H,26,27)/p-1. The number of para-hydroxylation sites is 2. The third kappa shape index (κ3) is 3.38. The summed E-state index contributed by atoms with van der Waals surface area (Å²) in [4.78, 5) is 34.9. The maximum Gasteiger partial charge on any atom is 0.353 e. The molecule has 1 heterocycles. The van der Waals surface area contributed by atoms with Gasteiger partial charge >= 0.3 is 11.8 Å². The number of carbonyl (C=O) groups is 3. The van der Waals surface area contributed by atoms with E-state index in [2.05, 4.69) is 15.5 Å². The Morgan fingerprint density at radius 2 is 1.74 bits per heavy atom. The minimum absolute atomic E-state index is 0.0457. The van der Waals surface area contributed by atoms with E-state index in [0.29, 0.717) is 10.9 Å². The highest BCUT2D eigenvalue weighted by Gasteiger charge is 2.18. The fourth-order valence-corrected chi connectivity index (χ4v) is 2.55. The number of aromatic nitrogens is 1. The molecular weight excluding hydrogens is 352 g/mol. The highest BCUT2D eigenvalue weighted by atomic mass is 16.4. The Balaban J connectivity index is 1.83. The number of azo groups is 1. The largest absolute Gasteiger partial charge is 0.545 e. The van der Waals surface area contributed by atoms with Crippen LogP contribution >= 0.6 is 0 Å². The molecule has 9 nitrogen and oxygen atoms in total. The number of nitrogens with one attached hydrogen (secondary N) is 1. The number of hydrogen-bond acceptors (Lipinski definition) is 6. The third-order valence-electron chi connectivity index (χ3n) is 3.88. The van der Waals surface area contributed by atoms with Crippen LogP contribution in [0.15, 0.2) is 58.8 Å². The van der Waals surface area contributed by atoms with E-state index in [9.17, 15) is 24.6 Å². The van der Waals surface area contributed by atoms with Gasteiger partial charge in [0.25, 0.3) is 0 Å². The first-order valence-electron chi connectivity index (χ1n) is 7.74. The zero-order chi connectivity index (χ0) is 19.6. The number of carbonyl (C=O) groups excluding carboxylic acids is 3. The van der Waals surface area contributed by atoms with Crippen LogP contribution in [0.1, 0.15) is 10.4 Å². The molecule has 1 aromatic heterocycles. The van der Waals surface area contributed by atoms with Crippen molar-refractivity contribution in [2.24, 2.45) is 17.3 Å². The lowest BCUT2D eigenvalue weighted by molar-refractivity contribution is -0.254. The molecular formula is C18H13N4O5-. The number of fused-ring (bicyclic) bond motifs is 1. The van der Waals surface area contributed by atoms with Crippen LogP contribution < -0.4 is 10.4 Å². The summed E-state index contributed by atoms with van der Waals surface area (Å²) in [5, 5.41) is 30.9. The molecule has 2 aromatic carbocycles. The van der Waals surface area contributed by atoms with Crippen LogP contribution in [0.4, 0.5) is 11.4 Å². The number of aromatic hydroxyl groups is 1. The molecule has 0 bridgehead atoms. The number of anilines is 1. The summed E-state index contributed by atoms with van der Waals surface area (Å²) in [7, 11) is 1.61. The van der Waals surface area contributed by atoms with Crippen molar-refractivity contribution in [3.63, 3.8) is 0 Å². The lowest BCUT2D eigenvalue weighted by Crippen LogP contribution is -2.26. The van der Waals surface area contributed by atoms with Crippen LogP contribution in [0.2, 0.25) is 0 Å². The molecule has 0 unspecified atom stereocenters. The van der Waals surface area contributed by atoms with Crippen molar-refractivity contribution in [2.45, 2.75) is 0 Å². The number of carboxylic acid groups (broad SMARTS) is 1. The lowest BCUT2D eigenvalue weighted by Gasteiger charge is -2.09. The van der Waals surface area contributed by atoms with Gasteiger partial charge in [-0.05, 0) is 12.1 Å². The maximum absolute atomic E-state index is 12.0. The second kappa shape index (κ2) is 7.08. The minimum Gasteiger partial charge on any atom is -0.545 e. The van der Waals surface area contributed by atoms with Crippen LogP contribution in [0.25, 0.3) is 10.9 Å². The van der Waals surface area contributed by atoms with Crippen molar-refractivity contribution in [3.05, 3.63) is 54.1 Å². The molecule has 3 rings (SSSR count). The quantitative estimate of drug-likeness (QED) is 0.535. The number of carboxylic acids is 1. The van der Waals surface area contributed by atoms with Crippen LogP contribution in [0, 0.1) is 0 Å². The fraction of sp³-hybridized carbons (Fsp3) is 0.0556. The second-order valence-corrected chi connectivity index (χ2v) is 5.54. The number of nitrogens with zero attached hydrogens (tertiary/aromatic N) is 3. The molecule has 0 saturated carbocycles. The molecule has 27 heavy (non-hydrogen) atoms. The molecule has 2 N–H and O–H groups in total. The maximum atomic E-state index is 12.0. The Labute approximate surface area is 152 Å². The molecule has 2 amide bonds. The molecule has 0 aliphatic rings. The third-order valence-corrected chi connectivity index (χ3v) is 3.88. The monoisotopic (exact) mass is 365 g/mol. The van der Waals surface area contributed by atoms with Crippen LogP contribution in [0.5, 0.6) is 5.88 Å². The van der Waals surface area contributed by atoms with E-state index in [0.717, 1.165) is 0 Å². The van der Waals surface area contributed by atoms with Crippen molar-refractivity contribution in [1.29, 1.82) is 0 Å². The molecule has 0 aliphatic carbocycles. The Kier molecular flexibility index (Phi) is 4.67. The number of hydrogen-bond donors (Lipinski definition) is 2. The van der Waals surface area contributed by atoms with Gasteiger partial charge in [-0.2, -0.15) is 0 Å². The highest BCUT2D eigenvalue weighted by molar-refractivity contribution is 6.40. The second-order valence-electron chi connectivity index (χ2n) is 5.54. The molecule has 0 saturated heterocycles. The van der Waals surface area contributed by atoms with Gasteiger partial charge in [-0.1, -0.05) is 36.4 Å². The average Bonchev–Trinajstić information content (AvgIpc) is 2.91. The molecule has 0 radical (unpaired) electrons. The summed E-state index contributed by atoms with van der Waals surface area (Å²) < 4.78 is 1.46. The predicted octanol–water partition coefficient (Wildman–Crippen LogP) is 1.50. The summed E-state index contributed by atoms with van der Waals surface area (Å²) in [5.74, 6) is -4.14. The highest BCUT2D eigenvalue weighted by Crippen LogP contribution is 2.37. The molecule has 136 valence electrons. The first-order chi connectivity index (χ1) is 12.9. The van der Waals surface area contributed by atoms with Gasteiger partial charge in [-0.15, -0.1) is 10.2 Å². The van der Waals surface area contributed by atoms with Crippen LogP contribution in [0.3, 0.4) is 0 Å². The number of aryl methyl sites for hydroxylation is 1. The van der Waals surface area contributed by atoms with E-state index >= 15 is 0 Å². The molecule has 3 aromatic rings. The van der Waals surface area contributed by atoms with E-state index in [1.807, 2.05) is 0 Å². The number of rotatable bonds is 3. The van der Waals surface area contributed by atoms with Gasteiger partial charge in [0.05, 0.1) is 17.2 Å². The minimum atomic E-state index is -1.50. The lowest BCUT2D eigenvalue weighted by atomic mass is 10.2. The SMILES string of the molecule is Cn1c(O)c(N=NC(=O)C(=O)Nc2ccccc2C(=O)[O-])c2ccccc21. The van der Waals surface area contributed by atoms with Crippen molar-refractivity contribution in [2.75, 3.05) is 5.32 Å². The molecule has 0 spiro atoms.